The van der Waals surface area contributed by atoms with Crippen LogP contribution in [0.1, 0.15) is 98.3 Å². The van der Waals surface area contributed by atoms with E-state index in [-0.39, 0.29) is 12.6 Å². The Labute approximate surface area is 189 Å². The van der Waals surface area contributed by atoms with Crippen molar-refractivity contribution in [2.75, 3.05) is 13.7 Å². The Hall–Kier alpha value is -1.07. The number of amides is 1. The molecule has 0 aromatic carbocycles. The monoisotopic (exact) mass is 461 g/mol. The van der Waals surface area contributed by atoms with Gasteiger partial charge in [0.05, 0.1) is 19.6 Å². The fourth-order valence-electron chi connectivity index (χ4n) is 3.96. The van der Waals surface area contributed by atoms with Crippen molar-refractivity contribution in [1.29, 1.82) is 0 Å². The number of methoxy groups -OCH3 is 1. The van der Waals surface area contributed by atoms with E-state index in [0.717, 1.165) is 51.4 Å². The second-order valence-corrected chi connectivity index (χ2v) is 11.3. The van der Waals surface area contributed by atoms with Gasteiger partial charge in [-0.1, -0.05) is 64.7 Å². The van der Waals surface area contributed by atoms with Gasteiger partial charge in [-0.2, -0.15) is 0 Å². The standard InChI is InChI=1S/C23H44NO6P/c1-6-7-8-12-15-19(21(25)28-5)17-29-31(27)20(16-18-13-10-9-11-14-18)24-22(26)30-23(2,3)4/h18-20,31H,6-17H2,1-5H3,(H,24,26). The van der Waals surface area contributed by atoms with Gasteiger partial charge in [-0.05, 0) is 39.5 Å². The first kappa shape index (κ1) is 28.0. The number of hydrogen-bond acceptors (Lipinski definition) is 6. The lowest BCUT2D eigenvalue weighted by molar-refractivity contribution is -0.146. The Morgan fingerprint density at radius 2 is 1.77 bits per heavy atom. The van der Waals surface area contributed by atoms with E-state index >= 15 is 0 Å². The number of carbonyl (C=O) groups is 2. The summed E-state index contributed by atoms with van der Waals surface area (Å²) < 4.78 is 29.0. The van der Waals surface area contributed by atoms with Gasteiger partial charge in [0.15, 0.2) is 0 Å². The van der Waals surface area contributed by atoms with E-state index in [1.54, 1.807) is 20.8 Å². The zero-order valence-electron chi connectivity index (χ0n) is 20.2. The van der Waals surface area contributed by atoms with Crippen LogP contribution in [0.15, 0.2) is 0 Å². The molecule has 1 fully saturated rings. The molecule has 0 aromatic rings. The van der Waals surface area contributed by atoms with Gasteiger partial charge in [0.25, 0.3) is 0 Å². The van der Waals surface area contributed by atoms with E-state index in [2.05, 4.69) is 12.2 Å². The van der Waals surface area contributed by atoms with Crippen molar-refractivity contribution in [3.8, 4) is 0 Å². The van der Waals surface area contributed by atoms with E-state index in [0.29, 0.717) is 18.8 Å². The maximum Gasteiger partial charge on any atom is 0.408 e. The Balaban J connectivity index is 2.71. The summed E-state index contributed by atoms with van der Waals surface area (Å²) in [6.07, 6.45) is 10.6. The van der Waals surface area contributed by atoms with Crippen molar-refractivity contribution >= 4 is 20.1 Å². The van der Waals surface area contributed by atoms with Crippen molar-refractivity contribution in [3.63, 3.8) is 0 Å². The molecule has 1 aliphatic rings. The van der Waals surface area contributed by atoms with Crippen LogP contribution >= 0.6 is 8.03 Å². The zero-order chi connectivity index (χ0) is 23.3. The van der Waals surface area contributed by atoms with E-state index < -0.39 is 31.4 Å². The molecule has 31 heavy (non-hydrogen) atoms. The molecule has 1 rings (SSSR count). The zero-order valence-corrected chi connectivity index (χ0v) is 21.2. The molecule has 3 atom stereocenters. The molecule has 8 heteroatoms. The summed E-state index contributed by atoms with van der Waals surface area (Å²) in [5.41, 5.74) is -0.634. The minimum Gasteiger partial charge on any atom is -0.469 e. The Kier molecular flexibility index (Phi) is 13.4. The molecule has 0 radical (unpaired) electrons. The summed E-state index contributed by atoms with van der Waals surface area (Å²) in [6, 6.07) is 0. The fraction of sp³-hybridized carbons (Fsp3) is 0.913. The lowest BCUT2D eigenvalue weighted by Gasteiger charge is -2.28. The second kappa shape index (κ2) is 14.9. The summed E-state index contributed by atoms with van der Waals surface area (Å²) in [5.74, 6) is -0.957. The minimum atomic E-state index is -2.62. The maximum atomic E-state index is 13.1. The number of ether oxygens (including phenoxy) is 2. The largest absolute Gasteiger partial charge is 0.469 e. The summed E-state index contributed by atoms with van der Waals surface area (Å²) in [7, 11) is -1.26. The van der Waals surface area contributed by atoms with Crippen LogP contribution in [0.3, 0.4) is 0 Å². The minimum absolute atomic E-state index is 0.0494. The van der Waals surface area contributed by atoms with E-state index in [4.69, 9.17) is 14.0 Å². The third-order valence-electron chi connectivity index (χ3n) is 5.64. The first-order valence-electron chi connectivity index (χ1n) is 11.9. The number of unbranched alkanes of at least 4 members (excludes halogenated alkanes) is 3. The molecule has 0 saturated heterocycles. The van der Waals surface area contributed by atoms with Gasteiger partial charge in [-0.15, -0.1) is 0 Å². The number of esters is 1. The molecular formula is C23H44NO6P. The quantitative estimate of drug-likeness (QED) is 0.204. The lowest BCUT2D eigenvalue weighted by Crippen LogP contribution is -2.39. The highest BCUT2D eigenvalue weighted by molar-refractivity contribution is 7.40. The van der Waals surface area contributed by atoms with Crippen molar-refractivity contribution in [3.05, 3.63) is 0 Å². The number of nitrogens with one attached hydrogen (secondary N) is 1. The van der Waals surface area contributed by atoms with Crippen LogP contribution in [0, 0.1) is 11.8 Å². The van der Waals surface area contributed by atoms with Gasteiger partial charge >= 0.3 is 12.1 Å². The molecule has 0 aliphatic heterocycles. The van der Waals surface area contributed by atoms with Crippen molar-refractivity contribution in [2.45, 2.75) is 110 Å². The predicted molar refractivity (Wildman–Crippen MR) is 124 cm³/mol. The fourth-order valence-corrected chi connectivity index (χ4v) is 5.28. The van der Waals surface area contributed by atoms with Crippen LogP contribution in [-0.4, -0.2) is 37.2 Å². The SMILES string of the molecule is CCCCCCC(CO[PH](=O)C(CC1CCCCC1)NC(=O)OC(C)(C)C)C(=O)OC. The highest BCUT2D eigenvalue weighted by atomic mass is 31.1. The van der Waals surface area contributed by atoms with E-state index in [9.17, 15) is 14.2 Å². The molecule has 182 valence electrons. The van der Waals surface area contributed by atoms with Crippen molar-refractivity contribution < 1.29 is 28.2 Å². The first-order valence-corrected chi connectivity index (χ1v) is 13.3. The third kappa shape index (κ3) is 12.5. The summed E-state index contributed by atoms with van der Waals surface area (Å²) >= 11 is 0. The Morgan fingerprint density at radius 1 is 1.10 bits per heavy atom. The van der Waals surface area contributed by atoms with Crippen LogP contribution in [0.2, 0.25) is 0 Å². The predicted octanol–water partition coefficient (Wildman–Crippen LogP) is 6.06. The molecule has 0 heterocycles. The smallest absolute Gasteiger partial charge is 0.408 e. The molecule has 0 spiro atoms. The molecule has 1 saturated carbocycles. The number of alkyl carbamates (subject to hydrolysis) is 1. The van der Waals surface area contributed by atoms with Gasteiger partial charge in [-0.3, -0.25) is 9.36 Å². The van der Waals surface area contributed by atoms with Gasteiger partial charge in [0.2, 0.25) is 8.03 Å². The van der Waals surface area contributed by atoms with Gasteiger partial charge in [-0.25, -0.2) is 4.79 Å². The average Bonchev–Trinajstić information content (AvgIpc) is 2.71. The van der Waals surface area contributed by atoms with E-state index in [1.807, 2.05) is 0 Å². The average molecular weight is 462 g/mol. The normalized spacial score (nSPS) is 18.1. The number of carbonyl (C=O) groups excluding carboxylic acids is 2. The van der Waals surface area contributed by atoms with Gasteiger partial charge in [0, 0.05) is 0 Å². The van der Waals surface area contributed by atoms with Crippen molar-refractivity contribution in [2.24, 2.45) is 11.8 Å². The Morgan fingerprint density at radius 3 is 2.35 bits per heavy atom. The summed E-state index contributed by atoms with van der Waals surface area (Å²) in [5, 5.41) is 2.78. The second-order valence-electron chi connectivity index (χ2n) is 9.64. The molecule has 3 unspecified atom stereocenters. The van der Waals surface area contributed by atoms with Crippen LogP contribution in [-0.2, 0) is 23.4 Å². The summed E-state index contributed by atoms with van der Waals surface area (Å²) in [4.78, 5) is 24.5. The highest BCUT2D eigenvalue weighted by Crippen LogP contribution is 2.37. The highest BCUT2D eigenvalue weighted by Gasteiger charge is 2.29. The summed E-state index contributed by atoms with van der Waals surface area (Å²) in [6.45, 7) is 7.57. The molecule has 7 nitrogen and oxygen atoms in total. The number of hydrogen-bond donors (Lipinski definition) is 1. The molecule has 1 N–H and O–H groups in total. The van der Waals surface area contributed by atoms with Crippen LogP contribution in [0.25, 0.3) is 0 Å². The molecule has 0 bridgehead atoms. The van der Waals surface area contributed by atoms with Crippen LogP contribution in [0.4, 0.5) is 4.79 Å². The number of rotatable bonds is 13. The van der Waals surface area contributed by atoms with Crippen molar-refractivity contribution in [1.82, 2.24) is 5.32 Å². The third-order valence-corrected chi connectivity index (χ3v) is 7.04. The Bertz CT molecular complexity index is 557. The van der Waals surface area contributed by atoms with Crippen LogP contribution < -0.4 is 5.32 Å². The topological polar surface area (TPSA) is 90.9 Å². The molecular weight excluding hydrogens is 417 g/mol. The maximum absolute atomic E-state index is 13.1. The van der Waals surface area contributed by atoms with Gasteiger partial charge < -0.3 is 19.3 Å². The van der Waals surface area contributed by atoms with E-state index in [1.165, 1.54) is 13.5 Å². The lowest BCUT2D eigenvalue weighted by atomic mass is 9.87. The molecule has 1 amide bonds. The molecule has 0 aromatic heterocycles. The first-order chi connectivity index (χ1) is 14.7. The van der Waals surface area contributed by atoms with Gasteiger partial charge in [0.1, 0.15) is 11.4 Å². The van der Waals surface area contributed by atoms with Crippen LogP contribution in [0.5, 0.6) is 0 Å². The molecule has 1 aliphatic carbocycles.